The smallest absolute Gasteiger partial charge is 0.341 e. The number of nitrogens with one attached hydrogen (secondary N) is 1. The summed E-state index contributed by atoms with van der Waals surface area (Å²) in [5, 5.41) is 3.25. The standard InChI is InChI=1S/C19H19NO4/c1-19(2)15(20-14-11-7-4-8-12-14)17(24-18(19)22)23-16(21)13-9-5-3-6-10-13/h3-12,15,17,20H,1-2H3. The van der Waals surface area contributed by atoms with Gasteiger partial charge in [-0.05, 0) is 38.1 Å². The number of anilines is 1. The largest absolute Gasteiger partial charge is 0.422 e. The van der Waals surface area contributed by atoms with Crippen molar-refractivity contribution in [3.05, 3.63) is 66.2 Å². The molecule has 2 aromatic carbocycles. The summed E-state index contributed by atoms with van der Waals surface area (Å²) in [6.07, 6.45) is -0.986. The highest BCUT2D eigenvalue weighted by atomic mass is 16.7. The van der Waals surface area contributed by atoms with Crippen LogP contribution in [0.4, 0.5) is 5.69 Å². The minimum absolute atomic E-state index is 0.401. The average molecular weight is 325 g/mol. The molecule has 0 aromatic heterocycles. The maximum absolute atomic E-state index is 12.3. The van der Waals surface area contributed by atoms with Crippen molar-refractivity contribution < 1.29 is 19.1 Å². The second kappa shape index (κ2) is 6.35. The van der Waals surface area contributed by atoms with Crippen molar-refractivity contribution in [2.45, 2.75) is 26.2 Å². The van der Waals surface area contributed by atoms with Crippen LogP contribution in [0.2, 0.25) is 0 Å². The van der Waals surface area contributed by atoms with E-state index in [-0.39, 0.29) is 0 Å². The van der Waals surface area contributed by atoms with Crippen LogP contribution in [-0.2, 0) is 14.3 Å². The molecule has 1 aliphatic rings. The molecular weight excluding hydrogens is 306 g/mol. The van der Waals surface area contributed by atoms with E-state index in [9.17, 15) is 9.59 Å². The van der Waals surface area contributed by atoms with Gasteiger partial charge in [-0.3, -0.25) is 4.79 Å². The molecule has 3 rings (SSSR count). The SMILES string of the molecule is CC1(C)C(=O)OC(OC(=O)c2ccccc2)C1Nc1ccccc1. The number of esters is 2. The van der Waals surface area contributed by atoms with Gasteiger partial charge >= 0.3 is 11.9 Å². The van der Waals surface area contributed by atoms with Gasteiger partial charge in [0.1, 0.15) is 6.04 Å². The fourth-order valence-corrected chi connectivity index (χ4v) is 2.59. The van der Waals surface area contributed by atoms with E-state index in [0.29, 0.717) is 5.56 Å². The van der Waals surface area contributed by atoms with Crippen LogP contribution in [0.15, 0.2) is 60.7 Å². The number of para-hydroxylation sites is 1. The van der Waals surface area contributed by atoms with Crippen molar-refractivity contribution in [2.75, 3.05) is 5.32 Å². The van der Waals surface area contributed by atoms with Gasteiger partial charge in [0.15, 0.2) is 0 Å². The van der Waals surface area contributed by atoms with Gasteiger partial charge in [-0.15, -0.1) is 0 Å². The first-order valence-electron chi connectivity index (χ1n) is 7.77. The van der Waals surface area contributed by atoms with Crippen molar-refractivity contribution in [3.8, 4) is 0 Å². The van der Waals surface area contributed by atoms with Crippen LogP contribution < -0.4 is 5.32 Å². The number of cyclic esters (lactones) is 1. The summed E-state index contributed by atoms with van der Waals surface area (Å²) in [6.45, 7) is 3.54. The number of carbonyl (C=O) groups is 2. The summed E-state index contributed by atoms with van der Waals surface area (Å²) in [5.74, 6) is -0.923. The zero-order valence-corrected chi connectivity index (χ0v) is 13.6. The van der Waals surface area contributed by atoms with Gasteiger partial charge in [0.25, 0.3) is 6.29 Å². The third kappa shape index (κ3) is 3.11. The molecule has 5 heteroatoms. The lowest BCUT2D eigenvalue weighted by atomic mass is 9.86. The summed E-state index contributed by atoms with van der Waals surface area (Å²) < 4.78 is 10.8. The molecule has 1 aliphatic heterocycles. The minimum Gasteiger partial charge on any atom is -0.422 e. The second-order valence-electron chi connectivity index (χ2n) is 6.25. The number of rotatable bonds is 4. The first-order valence-corrected chi connectivity index (χ1v) is 7.77. The molecule has 1 heterocycles. The Morgan fingerprint density at radius 2 is 1.62 bits per heavy atom. The molecular formula is C19H19NO4. The van der Waals surface area contributed by atoms with Crippen molar-refractivity contribution >= 4 is 17.6 Å². The summed E-state index contributed by atoms with van der Waals surface area (Å²) in [5.41, 5.74) is 0.420. The topological polar surface area (TPSA) is 64.6 Å². The van der Waals surface area contributed by atoms with E-state index in [2.05, 4.69) is 5.32 Å². The van der Waals surface area contributed by atoms with E-state index < -0.39 is 29.7 Å². The molecule has 1 saturated heterocycles. The Hall–Kier alpha value is -2.82. The zero-order valence-electron chi connectivity index (χ0n) is 13.6. The monoisotopic (exact) mass is 325 g/mol. The molecule has 2 unspecified atom stereocenters. The molecule has 124 valence electrons. The lowest BCUT2D eigenvalue weighted by molar-refractivity contribution is -0.158. The van der Waals surface area contributed by atoms with Gasteiger partial charge in [0, 0.05) is 5.69 Å². The summed E-state index contributed by atoms with van der Waals surface area (Å²) in [6, 6.07) is 17.6. The van der Waals surface area contributed by atoms with Crippen LogP contribution in [0, 0.1) is 5.41 Å². The third-order valence-electron chi connectivity index (χ3n) is 4.13. The molecule has 0 radical (unpaired) electrons. The number of carbonyl (C=O) groups excluding carboxylic acids is 2. The number of ether oxygens (including phenoxy) is 2. The highest BCUT2D eigenvalue weighted by molar-refractivity contribution is 5.90. The summed E-state index contributed by atoms with van der Waals surface area (Å²) >= 11 is 0. The zero-order chi connectivity index (χ0) is 17.2. The normalized spacial score (nSPS) is 21.8. The van der Waals surface area contributed by atoms with E-state index in [1.54, 1.807) is 38.1 Å². The Balaban J connectivity index is 1.80. The first-order chi connectivity index (χ1) is 11.5. The van der Waals surface area contributed by atoms with Gasteiger partial charge in [0.05, 0.1) is 11.0 Å². The molecule has 0 aliphatic carbocycles. The lowest BCUT2D eigenvalue weighted by Crippen LogP contribution is -2.42. The number of hydrogen-bond acceptors (Lipinski definition) is 5. The molecule has 0 spiro atoms. The third-order valence-corrected chi connectivity index (χ3v) is 4.13. The van der Waals surface area contributed by atoms with Crippen LogP contribution in [0.1, 0.15) is 24.2 Å². The fraction of sp³-hybridized carbons (Fsp3) is 0.263. The molecule has 0 saturated carbocycles. The van der Waals surface area contributed by atoms with Crippen molar-refractivity contribution in [1.29, 1.82) is 0 Å². The van der Waals surface area contributed by atoms with Crippen LogP contribution >= 0.6 is 0 Å². The van der Waals surface area contributed by atoms with Crippen molar-refractivity contribution in [3.63, 3.8) is 0 Å². The maximum Gasteiger partial charge on any atom is 0.341 e. The summed E-state index contributed by atoms with van der Waals surface area (Å²) in [4.78, 5) is 24.4. The first kappa shape index (κ1) is 16.1. The van der Waals surface area contributed by atoms with Gasteiger partial charge in [-0.2, -0.15) is 0 Å². The highest BCUT2D eigenvalue weighted by Gasteiger charge is 2.53. The average Bonchev–Trinajstić information content (AvgIpc) is 2.80. The molecule has 0 amide bonds. The van der Waals surface area contributed by atoms with Crippen LogP contribution in [0.3, 0.4) is 0 Å². The number of benzene rings is 2. The second-order valence-corrected chi connectivity index (χ2v) is 6.25. The minimum atomic E-state index is -0.986. The summed E-state index contributed by atoms with van der Waals surface area (Å²) in [7, 11) is 0. The molecule has 1 fully saturated rings. The predicted octanol–water partition coefficient (Wildman–Crippen LogP) is 3.23. The Morgan fingerprint density at radius 3 is 2.25 bits per heavy atom. The van der Waals surface area contributed by atoms with E-state index in [1.165, 1.54) is 0 Å². The van der Waals surface area contributed by atoms with E-state index >= 15 is 0 Å². The quantitative estimate of drug-likeness (QED) is 0.874. The highest BCUT2D eigenvalue weighted by Crippen LogP contribution is 2.36. The van der Waals surface area contributed by atoms with E-state index in [4.69, 9.17) is 9.47 Å². The van der Waals surface area contributed by atoms with Crippen molar-refractivity contribution in [1.82, 2.24) is 0 Å². The van der Waals surface area contributed by atoms with Crippen LogP contribution in [0.5, 0.6) is 0 Å². The predicted molar refractivity (Wildman–Crippen MR) is 89.4 cm³/mol. The molecule has 1 N–H and O–H groups in total. The molecule has 0 bridgehead atoms. The van der Waals surface area contributed by atoms with Crippen molar-refractivity contribution in [2.24, 2.45) is 5.41 Å². The van der Waals surface area contributed by atoms with Crippen LogP contribution in [-0.4, -0.2) is 24.3 Å². The molecule has 24 heavy (non-hydrogen) atoms. The molecule has 2 atom stereocenters. The van der Waals surface area contributed by atoms with E-state index in [1.807, 2.05) is 36.4 Å². The van der Waals surface area contributed by atoms with Gasteiger partial charge in [-0.1, -0.05) is 36.4 Å². The molecule has 2 aromatic rings. The molecule has 5 nitrogen and oxygen atoms in total. The Bertz CT molecular complexity index is 728. The fourth-order valence-electron chi connectivity index (χ4n) is 2.59. The number of hydrogen-bond donors (Lipinski definition) is 1. The van der Waals surface area contributed by atoms with Gasteiger partial charge in [0.2, 0.25) is 0 Å². The lowest BCUT2D eigenvalue weighted by Gasteiger charge is -2.26. The maximum atomic E-state index is 12.3. The van der Waals surface area contributed by atoms with E-state index in [0.717, 1.165) is 5.69 Å². The van der Waals surface area contributed by atoms with Gasteiger partial charge < -0.3 is 14.8 Å². The Kier molecular flexibility index (Phi) is 4.25. The van der Waals surface area contributed by atoms with Crippen LogP contribution in [0.25, 0.3) is 0 Å². The van der Waals surface area contributed by atoms with Gasteiger partial charge in [-0.25, -0.2) is 4.79 Å². The Labute approximate surface area is 140 Å². The Morgan fingerprint density at radius 1 is 1.04 bits per heavy atom.